The van der Waals surface area contributed by atoms with Gasteiger partial charge in [0.05, 0.1) is 5.56 Å². The monoisotopic (exact) mass is 312 g/mol. The Bertz CT molecular complexity index is 534. The molecule has 88 valence electrons. The maximum absolute atomic E-state index is 5.99. The Balaban J connectivity index is 2.33. The summed E-state index contributed by atoms with van der Waals surface area (Å²) in [6, 6.07) is 7.56. The number of nitrogens with zero attached hydrogens (tertiary/aromatic N) is 2. The zero-order chi connectivity index (χ0) is 12.3. The molecule has 0 aliphatic rings. The van der Waals surface area contributed by atoms with Gasteiger partial charge in [0.2, 0.25) is 5.88 Å². The predicted molar refractivity (Wildman–Crippen MR) is 70.6 cm³/mol. The quantitative estimate of drug-likeness (QED) is 0.795. The molecule has 3 nitrogen and oxygen atoms in total. The van der Waals surface area contributed by atoms with E-state index in [-0.39, 0.29) is 0 Å². The molecule has 1 heterocycles. The van der Waals surface area contributed by atoms with Crippen LogP contribution in [0.15, 0.2) is 35.1 Å². The molecule has 0 saturated carbocycles. The van der Waals surface area contributed by atoms with Crippen molar-refractivity contribution in [2.45, 2.75) is 13.3 Å². The molecule has 0 spiro atoms. The van der Waals surface area contributed by atoms with Crippen molar-refractivity contribution in [1.82, 2.24) is 9.97 Å². The van der Waals surface area contributed by atoms with E-state index in [0.717, 1.165) is 16.5 Å². The van der Waals surface area contributed by atoms with Gasteiger partial charge in [0, 0.05) is 4.47 Å². The van der Waals surface area contributed by atoms with Crippen LogP contribution in [0.5, 0.6) is 11.6 Å². The Morgan fingerprint density at radius 2 is 2.18 bits per heavy atom. The molecule has 0 radical (unpaired) electrons. The Labute approximate surface area is 113 Å². The van der Waals surface area contributed by atoms with E-state index < -0.39 is 0 Å². The highest BCUT2D eigenvalue weighted by atomic mass is 79.9. The maximum Gasteiger partial charge on any atom is 0.226 e. The van der Waals surface area contributed by atoms with Gasteiger partial charge in [0.15, 0.2) is 0 Å². The van der Waals surface area contributed by atoms with E-state index in [1.165, 1.54) is 6.33 Å². The molecule has 0 N–H and O–H groups in total. The van der Waals surface area contributed by atoms with Crippen molar-refractivity contribution >= 4 is 27.5 Å². The maximum atomic E-state index is 5.99. The summed E-state index contributed by atoms with van der Waals surface area (Å²) in [5.74, 6) is 1.22. The van der Waals surface area contributed by atoms with Gasteiger partial charge in [-0.2, -0.15) is 0 Å². The highest BCUT2D eigenvalue weighted by molar-refractivity contribution is 9.10. The van der Waals surface area contributed by atoms with Gasteiger partial charge in [-0.1, -0.05) is 40.5 Å². The van der Waals surface area contributed by atoms with Crippen molar-refractivity contribution < 1.29 is 4.74 Å². The third kappa shape index (κ3) is 2.96. The Hall–Kier alpha value is -1.13. The van der Waals surface area contributed by atoms with Crippen molar-refractivity contribution in [2.75, 3.05) is 0 Å². The molecule has 0 amide bonds. The smallest absolute Gasteiger partial charge is 0.226 e. The molecule has 2 rings (SSSR count). The second-order valence-electron chi connectivity index (χ2n) is 3.36. The Morgan fingerprint density at radius 1 is 1.35 bits per heavy atom. The van der Waals surface area contributed by atoms with E-state index in [4.69, 9.17) is 16.3 Å². The average molecular weight is 314 g/mol. The highest BCUT2D eigenvalue weighted by Gasteiger charge is 2.10. The van der Waals surface area contributed by atoms with Crippen LogP contribution in [0.25, 0.3) is 0 Å². The minimum atomic E-state index is 0.437. The molecule has 0 saturated heterocycles. The van der Waals surface area contributed by atoms with Gasteiger partial charge in [-0.05, 0) is 24.6 Å². The number of ether oxygens (including phenoxy) is 1. The molecule has 0 bridgehead atoms. The van der Waals surface area contributed by atoms with Crippen LogP contribution in [0.4, 0.5) is 0 Å². The van der Waals surface area contributed by atoms with Gasteiger partial charge < -0.3 is 4.74 Å². The van der Waals surface area contributed by atoms with Gasteiger partial charge in [0.25, 0.3) is 0 Å². The zero-order valence-electron chi connectivity index (χ0n) is 9.15. The molecule has 0 fully saturated rings. The lowest BCUT2D eigenvalue weighted by Gasteiger charge is -2.09. The summed E-state index contributed by atoms with van der Waals surface area (Å²) < 4.78 is 6.65. The van der Waals surface area contributed by atoms with Crippen LogP contribution < -0.4 is 4.74 Å². The Morgan fingerprint density at radius 3 is 2.88 bits per heavy atom. The standard InChI is InChI=1S/C12H10BrClN2O/c1-2-10-11(14)15-7-16-12(10)17-9-5-3-4-8(13)6-9/h3-7H,2H2,1H3. The minimum Gasteiger partial charge on any atom is -0.439 e. The number of aromatic nitrogens is 2. The summed E-state index contributed by atoms with van der Waals surface area (Å²) in [6.45, 7) is 1.98. The van der Waals surface area contributed by atoms with E-state index in [9.17, 15) is 0 Å². The summed E-state index contributed by atoms with van der Waals surface area (Å²) >= 11 is 9.37. The predicted octanol–water partition coefficient (Wildman–Crippen LogP) is 4.25. The van der Waals surface area contributed by atoms with E-state index >= 15 is 0 Å². The van der Waals surface area contributed by atoms with Gasteiger partial charge in [-0.25, -0.2) is 9.97 Å². The largest absolute Gasteiger partial charge is 0.439 e. The fourth-order valence-electron chi connectivity index (χ4n) is 1.40. The SMILES string of the molecule is CCc1c(Cl)ncnc1Oc1cccc(Br)c1. The molecule has 0 unspecified atom stereocenters. The molecule has 2 aromatic rings. The van der Waals surface area contributed by atoms with E-state index in [2.05, 4.69) is 25.9 Å². The van der Waals surface area contributed by atoms with E-state index in [0.29, 0.717) is 16.8 Å². The van der Waals surface area contributed by atoms with Crippen LogP contribution in [-0.4, -0.2) is 9.97 Å². The van der Waals surface area contributed by atoms with Crippen LogP contribution in [0, 0.1) is 0 Å². The summed E-state index contributed by atoms with van der Waals surface area (Å²) in [5.41, 5.74) is 0.814. The summed E-state index contributed by atoms with van der Waals surface area (Å²) in [4.78, 5) is 8.04. The molecular weight excluding hydrogens is 304 g/mol. The van der Waals surface area contributed by atoms with Gasteiger partial charge >= 0.3 is 0 Å². The van der Waals surface area contributed by atoms with Gasteiger partial charge in [-0.3, -0.25) is 0 Å². The first-order chi connectivity index (χ1) is 8.20. The third-order valence-corrected chi connectivity index (χ3v) is 3.04. The molecule has 0 aliphatic heterocycles. The molecule has 0 aliphatic carbocycles. The van der Waals surface area contributed by atoms with Crippen LogP contribution >= 0.6 is 27.5 Å². The van der Waals surface area contributed by atoms with Crippen molar-refractivity contribution in [3.8, 4) is 11.6 Å². The molecule has 1 aromatic heterocycles. The lowest BCUT2D eigenvalue weighted by atomic mass is 10.2. The molecule has 5 heteroatoms. The number of rotatable bonds is 3. The first kappa shape index (κ1) is 12.3. The molecular formula is C12H10BrClN2O. The average Bonchev–Trinajstić information content (AvgIpc) is 2.29. The van der Waals surface area contributed by atoms with Crippen LogP contribution in [0.1, 0.15) is 12.5 Å². The first-order valence-corrected chi connectivity index (χ1v) is 6.30. The van der Waals surface area contributed by atoms with Gasteiger partial charge in [0.1, 0.15) is 17.2 Å². The molecule has 0 atom stereocenters. The van der Waals surface area contributed by atoms with Gasteiger partial charge in [-0.15, -0.1) is 0 Å². The number of hydrogen-bond acceptors (Lipinski definition) is 3. The lowest BCUT2D eigenvalue weighted by Crippen LogP contribution is -1.96. The highest BCUT2D eigenvalue weighted by Crippen LogP contribution is 2.28. The van der Waals surface area contributed by atoms with E-state index in [1.54, 1.807) is 0 Å². The van der Waals surface area contributed by atoms with Crippen molar-refractivity contribution in [3.63, 3.8) is 0 Å². The van der Waals surface area contributed by atoms with Crippen molar-refractivity contribution in [2.24, 2.45) is 0 Å². The van der Waals surface area contributed by atoms with Crippen LogP contribution in [0.2, 0.25) is 5.15 Å². The number of hydrogen-bond donors (Lipinski definition) is 0. The van der Waals surface area contributed by atoms with Crippen molar-refractivity contribution in [1.29, 1.82) is 0 Å². The first-order valence-electron chi connectivity index (χ1n) is 5.13. The van der Waals surface area contributed by atoms with Crippen LogP contribution in [-0.2, 0) is 6.42 Å². The van der Waals surface area contributed by atoms with Crippen molar-refractivity contribution in [3.05, 3.63) is 45.8 Å². The lowest BCUT2D eigenvalue weighted by molar-refractivity contribution is 0.455. The van der Waals surface area contributed by atoms with E-state index in [1.807, 2.05) is 31.2 Å². The summed E-state index contributed by atoms with van der Waals surface area (Å²) in [6.07, 6.45) is 2.12. The summed E-state index contributed by atoms with van der Waals surface area (Å²) in [7, 11) is 0. The summed E-state index contributed by atoms with van der Waals surface area (Å²) in [5, 5.41) is 0.437. The normalized spacial score (nSPS) is 10.3. The second kappa shape index (κ2) is 5.47. The van der Waals surface area contributed by atoms with Crippen LogP contribution in [0.3, 0.4) is 0 Å². The molecule has 17 heavy (non-hydrogen) atoms. The number of halogens is 2. The molecule has 1 aromatic carbocycles. The third-order valence-electron chi connectivity index (χ3n) is 2.22. The minimum absolute atomic E-state index is 0.437. The Kier molecular flexibility index (Phi) is 3.97. The topological polar surface area (TPSA) is 35.0 Å². The second-order valence-corrected chi connectivity index (χ2v) is 4.63. The number of benzene rings is 1. The fraction of sp³-hybridized carbons (Fsp3) is 0.167. The fourth-order valence-corrected chi connectivity index (χ4v) is 2.04. The zero-order valence-corrected chi connectivity index (χ0v) is 11.5.